The Morgan fingerprint density at radius 3 is 3.00 bits per heavy atom. The standard InChI is InChI=1S/C16H14ClNO3S/c17-15-7-10-8-18(6-5-14(10)22-15)16(19)13-9-20-11-3-1-2-4-12(11)21-13/h1-4,7,13H,5-6,8-9H2. The summed E-state index contributed by atoms with van der Waals surface area (Å²) in [6.45, 7) is 1.55. The maximum absolute atomic E-state index is 12.7. The van der Waals surface area contributed by atoms with Crippen LogP contribution in [0, 0.1) is 0 Å². The molecule has 0 N–H and O–H groups in total. The van der Waals surface area contributed by atoms with E-state index >= 15 is 0 Å². The molecule has 6 heteroatoms. The number of halogens is 1. The van der Waals surface area contributed by atoms with Crippen LogP contribution in [0.2, 0.25) is 4.34 Å². The smallest absolute Gasteiger partial charge is 0.267 e. The number of nitrogens with zero attached hydrogens (tertiary/aromatic N) is 1. The van der Waals surface area contributed by atoms with Crippen molar-refractivity contribution < 1.29 is 14.3 Å². The second kappa shape index (κ2) is 5.48. The van der Waals surface area contributed by atoms with Gasteiger partial charge in [-0.1, -0.05) is 23.7 Å². The van der Waals surface area contributed by atoms with E-state index in [2.05, 4.69) is 0 Å². The highest BCUT2D eigenvalue weighted by molar-refractivity contribution is 7.16. The summed E-state index contributed by atoms with van der Waals surface area (Å²) >= 11 is 7.66. The van der Waals surface area contributed by atoms with Gasteiger partial charge in [-0.15, -0.1) is 11.3 Å². The molecule has 1 atom stereocenters. The second-order valence-corrected chi connectivity index (χ2v) is 7.14. The maximum Gasteiger partial charge on any atom is 0.267 e. The topological polar surface area (TPSA) is 38.8 Å². The molecule has 0 radical (unpaired) electrons. The Morgan fingerprint density at radius 1 is 1.32 bits per heavy atom. The molecule has 0 aliphatic carbocycles. The number of hydrogen-bond donors (Lipinski definition) is 0. The highest BCUT2D eigenvalue weighted by Crippen LogP contribution is 2.33. The van der Waals surface area contributed by atoms with Crippen molar-refractivity contribution in [3.63, 3.8) is 0 Å². The molecule has 114 valence electrons. The van der Waals surface area contributed by atoms with Gasteiger partial charge in [0.2, 0.25) is 6.10 Å². The third-order valence-corrected chi connectivity index (χ3v) is 5.30. The number of fused-ring (bicyclic) bond motifs is 2. The average molecular weight is 336 g/mol. The van der Waals surface area contributed by atoms with Crippen LogP contribution in [-0.2, 0) is 17.8 Å². The van der Waals surface area contributed by atoms with E-state index in [-0.39, 0.29) is 12.5 Å². The van der Waals surface area contributed by atoms with Crippen LogP contribution in [0.15, 0.2) is 30.3 Å². The number of para-hydroxylation sites is 2. The Balaban J connectivity index is 1.49. The largest absolute Gasteiger partial charge is 0.485 e. The van der Waals surface area contributed by atoms with E-state index in [1.165, 1.54) is 4.88 Å². The van der Waals surface area contributed by atoms with Gasteiger partial charge in [0.15, 0.2) is 11.5 Å². The number of ether oxygens (including phenoxy) is 2. The first-order valence-corrected chi connectivity index (χ1v) is 8.34. The molecule has 1 aromatic heterocycles. The lowest BCUT2D eigenvalue weighted by atomic mass is 10.1. The number of rotatable bonds is 1. The first-order chi connectivity index (χ1) is 10.7. The number of benzene rings is 1. The zero-order valence-electron chi connectivity index (χ0n) is 11.8. The van der Waals surface area contributed by atoms with Gasteiger partial charge in [-0.2, -0.15) is 0 Å². The number of thiophene rings is 1. The van der Waals surface area contributed by atoms with Crippen LogP contribution in [0.4, 0.5) is 0 Å². The van der Waals surface area contributed by atoms with E-state index in [1.54, 1.807) is 11.3 Å². The minimum absolute atomic E-state index is 0.0255. The molecular formula is C16H14ClNO3S. The minimum Gasteiger partial charge on any atom is -0.485 e. The summed E-state index contributed by atoms with van der Waals surface area (Å²) in [4.78, 5) is 15.8. The van der Waals surface area contributed by atoms with Gasteiger partial charge in [0.1, 0.15) is 6.61 Å². The molecule has 0 saturated carbocycles. The zero-order chi connectivity index (χ0) is 15.1. The summed E-state index contributed by atoms with van der Waals surface area (Å²) in [7, 11) is 0. The average Bonchev–Trinajstić information content (AvgIpc) is 2.92. The van der Waals surface area contributed by atoms with Crippen LogP contribution >= 0.6 is 22.9 Å². The van der Waals surface area contributed by atoms with Gasteiger partial charge in [-0.3, -0.25) is 4.79 Å². The van der Waals surface area contributed by atoms with Gasteiger partial charge in [-0.25, -0.2) is 0 Å². The van der Waals surface area contributed by atoms with Crippen molar-refractivity contribution in [3.8, 4) is 11.5 Å². The summed E-state index contributed by atoms with van der Waals surface area (Å²) in [5, 5.41) is 0. The van der Waals surface area contributed by atoms with Gasteiger partial charge in [-0.05, 0) is 30.2 Å². The van der Waals surface area contributed by atoms with Crippen LogP contribution in [0.25, 0.3) is 0 Å². The molecule has 4 rings (SSSR count). The molecule has 22 heavy (non-hydrogen) atoms. The van der Waals surface area contributed by atoms with Crippen molar-refractivity contribution in [2.75, 3.05) is 13.2 Å². The molecule has 0 bridgehead atoms. The molecule has 0 spiro atoms. The summed E-state index contributed by atoms with van der Waals surface area (Å²) in [6.07, 6.45) is 0.272. The van der Waals surface area contributed by atoms with E-state index in [9.17, 15) is 4.79 Å². The van der Waals surface area contributed by atoms with Gasteiger partial charge < -0.3 is 14.4 Å². The molecule has 1 aromatic carbocycles. The molecule has 1 amide bonds. The van der Waals surface area contributed by atoms with Crippen molar-refractivity contribution in [2.24, 2.45) is 0 Å². The third kappa shape index (κ3) is 2.44. The summed E-state index contributed by atoms with van der Waals surface area (Å²) in [6, 6.07) is 9.37. The Morgan fingerprint density at radius 2 is 2.14 bits per heavy atom. The lowest BCUT2D eigenvalue weighted by Crippen LogP contribution is -2.47. The Kier molecular flexibility index (Phi) is 3.47. The van der Waals surface area contributed by atoms with Crippen molar-refractivity contribution in [1.29, 1.82) is 0 Å². The Hall–Kier alpha value is -1.72. The molecule has 2 aliphatic heterocycles. The van der Waals surface area contributed by atoms with E-state index < -0.39 is 6.10 Å². The molecule has 2 aliphatic rings. The predicted octanol–water partition coefficient (Wildman–Crippen LogP) is 3.13. The van der Waals surface area contributed by atoms with Crippen molar-refractivity contribution >= 4 is 28.8 Å². The number of amides is 1. The van der Waals surface area contributed by atoms with Crippen molar-refractivity contribution in [3.05, 3.63) is 45.1 Å². The number of hydrogen-bond acceptors (Lipinski definition) is 4. The number of carbonyl (C=O) groups is 1. The van der Waals surface area contributed by atoms with Crippen molar-refractivity contribution in [1.82, 2.24) is 4.90 Å². The quantitative estimate of drug-likeness (QED) is 0.803. The zero-order valence-corrected chi connectivity index (χ0v) is 13.3. The number of carbonyl (C=O) groups excluding carboxylic acids is 1. The first-order valence-electron chi connectivity index (χ1n) is 7.15. The lowest BCUT2D eigenvalue weighted by molar-refractivity contribution is -0.142. The highest BCUT2D eigenvalue weighted by Gasteiger charge is 2.33. The third-order valence-electron chi connectivity index (χ3n) is 3.93. The van der Waals surface area contributed by atoms with Gasteiger partial charge in [0.05, 0.1) is 4.34 Å². The molecule has 2 aromatic rings. The van der Waals surface area contributed by atoms with Gasteiger partial charge in [0, 0.05) is 18.0 Å². The van der Waals surface area contributed by atoms with E-state index in [4.69, 9.17) is 21.1 Å². The first kappa shape index (κ1) is 13.9. The van der Waals surface area contributed by atoms with Crippen LogP contribution in [0.1, 0.15) is 10.4 Å². The van der Waals surface area contributed by atoms with Crippen molar-refractivity contribution in [2.45, 2.75) is 19.1 Å². The SMILES string of the molecule is O=C(C1COc2ccccc2O1)N1CCc2sc(Cl)cc2C1. The van der Waals surface area contributed by atoms with E-state index in [1.807, 2.05) is 35.2 Å². The minimum atomic E-state index is -0.578. The summed E-state index contributed by atoms with van der Waals surface area (Å²) in [5.74, 6) is 1.29. The lowest BCUT2D eigenvalue weighted by Gasteiger charge is -2.32. The molecule has 1 unspecified atom stereocenters. The summed E-state index contributed by atoms with van der Waals surface area (Å²) in [5.41, 5.74) is 1.15. The normalized spacial score (nSPS) is 19.7. The Labute approximate surface area is 137 Å². The van der Waals surface area contributed by atoms with Crippen LogP contribution in [0.5, 0.6) is 11.5 Å². The van der Waals surface area contributed by atoms with Gasteiger partial charge >= 0.3 is 0 Å². The fourth-order valence-corrected chi connectivity index (χ4v) is 4.13. The molecule has 4 nitrogen and oxygen atoms in total. The van der Waals surface area contributed by atoms with Crippen LogP contribution in [-0.4, -0.2) is 30.1 Å². The van der Waals surface area contributed by atoms with Gasteiger partial charge in [0.25, 0.3) is 5.91 Å². The molecular weight excluding hydrogens is 322 g/mol. The van der Waals surface area contributed by atoms with Crippen LogP contribution in [0.3, 0.4) is 0 Å². The fraction of sp³-hybridized carbons (Fsp3) is 0.312. The highest BCUT2D eigenvalue weighted by atomic mass is 35.5. The monoisotopic (exact) mass is 335 g/mol. The van der Waals surface area contributed by atoms with E-state index in [0.717, 1.165) is 16.3 Å². The maximum atomic E-state index is 12.7. The molecule has 0 fully saturated rings. The second-order valence-electron chi connectivity index (χ2n) is 5.37. The van der Waals surface area contributed by atoms with E-state index in [0.29, 0.717) is 24.6 Å². The Bertz CT molecular complexity index is 730. The molecule has 0 saturated heterocycles. The molecule has 3 heterocycles. The predicted molar refractivity (Wildman–Crippen MR) is 84.8 cm³/mol. The van der Waals surface area contributed by atoms with Crippen LogP contribution < -0.4 is 9.47 Å². The summed E-state index contributed by atoms with van der Waals surface area (Å²) < 4.78 is 12.2. The fourth-order valence-electron chi connectivity index (χ4n) is 2.83.